The SMILES string of the molecule is Cc1ccc(CNC(=O)NC(=O)COCC(=O)O)cn1. The van der Waals surface area contributed by atoms with Crippen molar-refractivity contribution in [3.8, 4) is 0 Å². The first kappa shape index (κ1) is 15.6. The highest BCUT2D eigenvalue weighted by atomic mass is 16.5. The molecule has 0 saturated carbocycles. The average Bonchev–Trinajstić information content (AvgIpc) is 2.37. The molecule has 3 N–H and O–H groups in total. The molecule has 0 fully saturated rings. The lowest BCUT2D eigenvalue weighted by molar-refractivity contribution is -0.143. The molecule has 8 nitrogen and oxygen atoms in total. The molecule has 3 amide bonds. The lowest BCUT2D eigenvalue weighted by Gasteiger charge is -2.06. The van der Waals surface area contributed by atoms with Gasteiger partial charge < -0.3 is 15.2 Å². The van der Waals surface area contributed by atoms with Gasteiger partial charge in [-0.1, -0.05) is 6.07 Å². The van der Waals surface area contributed by atoms with Crippen LogP contribution in [0, 0.1) is 6.92 Å². The molecule has 0 saturated heterocycles. The number of carbonyl (C=O) groups excluding carboxylic acids is 2. The van der Waals surface area contributed by atoms with Crippen LogP contribution in [0.3, 0.4) is 0 Å². The molecule has 108 valence electrons. The fourth-order valence-electron chi connectivity index (χ4n) is 1.22. The summed E-state index contributed by atoms with van der Waals surface area (Å²) in [6, 6.07) is 2.93. The molecule has 0 aliphatic carbocycles. The topological polar surface area (TPSA) is 118 Å². The van der Waals surface area contributed by atoms with E-state index in [4.69, 9.17) is 5.11 Å². The van der Waals surface area contributed by atoms with E-state index in [9.17, 15) is 14.4 Å². The number of aliphatic carboxylic acids is 1. The first-order valence-corrected chi connectivity index (χ1v) is 5.76. The van der Waals surface area contributed by atoms with Gasteiger partial charge in [-0.2, -0.15) is 0 Å². The van der Waals surface area contributed by atoms with Gasteiger partial charge in [0.1, 0.15) is 13.2 Å². The largest absolute Gasteiger partial charge is 0.480 e. The van der Waals surface area contributed by atoms with Crippen LogP contribution in [0.4, 0.5) is 4.79 Å². The Bertz CT molecular complexity index is 486. The molecule has 1 aromatic rings. The Morgan fingerprint density at radius 1 is 1.30 bits per heavy atom. The van der Waals surface area contributed by atoms with Crippen molar-refractivity contribution in [2.45, 2.75) is 13.5 Å². The Kier molecular flexibility index (Phi) is 6.11. The molecular weight excluding hydrogens is 266 g/mol. The lowest BCUT2D eigenvalue weighted by Crippen LogP contribution is -2.41. The van der Waals surface area contributed by atoms with E-state index in [1.165, 1.54) is 0 Å². The van der Waals surface area contributed by atoms with Gasteiger partial charge in [0.15, 0.2) is 0 Å². The van der Waals surface area contributed by atoms with Crippen LogP contribution >= 0.6 is 0 Å². The Labute approximate surface area is 115 Å². The number of carboxylic acids is 1. The molecule has 20 heavy (non-hydrogen) atoms. The summed E-state index contributed by atoms with van der Waals surface area (Å²) >= 11 is 0. The normalized spacial score (nSPS) is 9.85. The van der Waals surface area contributed by atoms with E-state index in [1.807, 2.05) is 12.2 Å². The summed E-state index contributed by atoms with van der Waals surface area (Å²) in [4.78, 5) is 36.7. The van der Waals surface area contributed by atoms with Gasteiger partial charge in [0.05, 0.1) is 0 Å². The second-order valence-corrected chi connectivity index (χ2v) is 3.93. The number of amides is 3. The third-order valence-corrected chi connectivity index (χ3v) is 2.14. The van der Waals surface area contributed by atoms with E-state index < -0.39 is 31.1 Å². The highest BCUT2D eigenvalue weighted by Crippen LogP contribution is 1.98. The zero-order valence-corrected chi connectivity index (χ0v) is 10.9. The number of imide groups is 1. The maximum atomic E-state index is 11.4. The first-order chi connectivity index (χ1) is 9.47. The van der Waals surface area contributed by atoms with Crippen molar-refractivity contribution in [1.82, 2.24) is 15.6 Å². The third-order valence-electron chi connectivity index (χ3n) is 2.14. The van der Waals surface area contributed by atoms with Gasteiger partial charge >= 0.3 is 12.0 Å². The lowest BCUT2D eigenvalue weighted by atomic mass is 10.2. The Hall–Kier alpha value is -2.48. The van der Waals surface area contributed by atoms with Crippen molar-refractivity contribution in [3.05, 3.63) is 29.6 Å². The molecule has 1 rings (SSSR count). The first-order valence-electron chi connectivity index (χ1n) is 5.76. The summed E-state index contributed by atoms with van der Waals surface area (Å²) in [5.74, 6) is -1.90. The smallest absolute Gasteiger partial charge is 0.329 e. The number of hydrogen-bond donors (Lipinski definition) is 3. The van der Waals surface area contributed by atoms with Crippen LogP contribution in [-0.2, 0) is 20.9 Å². The van der Waals surface area contributed by atoms with Crippen LogP contribution in [0.15, 0.2) is 18.3 Å². The van der Waals surface area contributed by atoms with Crippen LogP contribution in [0.1, 0.15) is 11.3 Å². The minimum atomic E-state index is -1.19. The summed E-state index contributed by atoms with van der Waals surface area (Å²) in [7, 11) is 0. The summed E-state index contributed by atoms with van der Waals surface area (Å²) in [5.41, 5.74) is 1.66. The molecule has 0 aliphatic rings. The highest BCUT2D eigenvalue weighted by Gasteiger charge is 2.08. The minimum absolute atomic E-state index is 0.225. The maximum Gasteiger partial charge on any atom is 0.329 e. The van der Waals surface area contributed by atoms with Gasteiger partial charge in [0, 0.05) is 18.4 Å². The molecule has 1 heterocycles. The van der Waals surface area contributed by atoms with E-state index in [-0.39, 0.29) is 6.54 Å². The number of urea groups is 1. The van der Waals surface area contributed by atoms with Crippen LogP contribution in [0.2, 0.25) is 0 Å². The number of aromatic nitrogens is 1. The van der Waals surface area contributed by atoms with Crippen molar-refractivity contribution >= 4 is 17.9 Å². The predicted molar refractivity (Wildman–Crippen MR) is 67.8 cm³/mol. The van der Waals surface area contributed by atoms with Crippen molar-refractivity contribution in [2.24, 2.45) is 0 Å². The summed E-state index contributed by atoms with van der Waals surface area (Å²) in [6.45, 7) is 0.984. The van der Waals surface area contributed by atoms with E-state index in [2.05, 4.69) is 15.0 Å². The minimum Gasteiger partial charge on any atom is -0.480 e. The summed E-state index contributed by atoms with van der Waals surface area (Å²) in [6.07, 6.45) is 1.62. The highest BCUT2D eigenvalue weighted by molar-refractivity contribution is 5.94. The molecule has 8 heteroatoms. The van der Waals surface area contributed by atoms with Crippen molar-refractivity contribution in [2.75, 3.05) is 13.2 Å². The van der Waals surface area contributed by atoms with E-state index in [0.29, 0.717) is 0 Å². The molecule has 0 spiro atoms. The number of pyridine rings is 1. The van der Waals surface area contributed by atoms with Crippen LogP contribution in [0.25, 0.3) is 0 Å². The van der Waals surface area contributed by atoms with Crippen molar-refractivity contribution in [1.29, 1.82) is 0 Å². The second kappa shape index (κ2) is 7.85. The molecule has 0 radical (unpaired) electrons. The molecule has 0 unspecified atom stereocenters. The predicted octanol–water partition coefficient (Wildman–Crippen LogP) is -0.183. The summed E-state index contributed by atoms with van der Waals surface area (Å²) < 4.78 is 4.53. The second-order valence-electron chi connectivity index (χ2n) is 3.93. The van der Waals surface area contributed by atoms with Crippen molar-refractivity contribution < 1.29 is 24.2 Å². The number of hydrogen-bond acceptors (Lipinski definition) is 5. The standard InChI is InChI=1S/C12H15N3O5/c1-8-2-3-9(4-13-8)5-14-12(19)15-10(16)6-20-7-11(17)18/h2-4H,5-7H2,1H3,(H,17,18)(H2,14,15,16,19). The summed E-state index contributed by atoms with van der Waals surface area (Å²) in [5, 5.41) is 12.8. The quantitative estimate of drug-likeness (QED) is 0.665. The Morgan fingerprint density at radius 2 is 2.05 bits per heavy atom. The van der Waals surface area contributed by atoms with E-state index >= 15 is 0 Å². The molecule has 0 atom stereocenters. The number of carbonyl (C=O) groups is 3. The molecule has 1 aromatic heterocycles. The van der Waals surface area contributed by atoms with Gasteiger partial charge in [-0.15, -0.1) is 0 Å². The maximum absolute atomic E-state index is 11.4. The van der Waals surface area contributed by atoms with Gasteiger partial charge in [-0.05, 0) is 18.6 Å². The zero-order valence-electron chi connectivity index (χ0n) is 10.9. The van der Waals surface area contributed by atoms with Crippen LogP contribution in [0.5, 0.6) is 0 Å². The zero-order chi connectivity index (χ0) is 15.0. The fraction of sp³-hybridized carbons (Fsp3) is 0.333. The molecule has 0 bridgehead atoms. The van der Waals surface area contributed by atoms with Gasteiger partial charge in [-0.25, -0.2) is 9.59 Å². The number of nitrogens with zero attached hydrogens (tertiary/aromatic N) is 1. The van der Waals surface area contributed by atoms with Gasteiger partial charge in [-0.3, -0.25) is 15.1 Å². The average molecular weight is 281 g/mol. The van der Waals surface area contributed by atoms with E-state index in [1.54, 1.807) is 18.3 Å². The van der Waals surface area contributed by atoms with E-state index in [0.717, 1.165) is 11.3 Å². The Balaban J connectivity index is 2.24. The Morgan fingerprint density at radius 3 is 2.65 bits per heavy atom. The number of ether oxygens (including phenoxy) is 1. The molecular formula is C12H15N3O5. The number of nitrogens with one attached hydrogen (secondary N) is 2. The number of aryl methyl sites for hydroxylation is 1. The number of carboxylic acid groups (broad SMARTS) is 1. The van der Waals surface area contributed by atoms with Crippen molar-refractivity contribution in [3.63, 3.8) is 0 Å². The van der Waals surface area contributed by atoms with Crippen LogP contribution < -0.4 is 10.6 Å². The van der Waals surface area contributed by atoms with Crippen LogP contribution in [-0.4, -0.2) is 41.2 Å². The molecule has 0 aliphatic heterocycles. The monoisotopic (exact) mass is 281 g/mol. The van der Waals surface area contributed by atoms with Gasteiger partial charge in [0.2, 0.25) is 0 Å². The van der Waals surface area contributed by atoms with Gasteiger partial charge in [0.25, 0.3) is 5.91 Å². The number of rotatable bonds is 6. The fourth-order valence-corrected chi connectivity index (χ4v) is 1.22. The molecule has 0 aromatic carbocycles. The third kappa shape index (κ3) is 6.45.